The number of hydrogen-bond donors (Lipinski definition) is 0. The number of halogens is 1. The first-order valence-corrected chi connectivity index (χ1v) is 7.05. The molecular formula is C14H20INO2. The molecule has 1 aromatic rings. The largest absolute Gasteiger partial charge is 0.444 e. The average Bonchev–Trinajstić information content (AvgIpc) is 2.25. The predicted octanol–water partition coefficient (Wildman–Crippen LogP) is 3.70. The van der Waals surface area contributed by atoms with Crippen molar-refractivity contribution in [3.05, 3.63) is 33.4 Å². The Bertz CT molecular complexity index is 413. The fourth-order valence-electron chi connectivity index (χ4n) is 1.42. The zero-order valence-corrected chi connectivity index (χ0v) is 13.5. The molecule has 3 nitrogen and oxygen atoms in total. The van der Waals surface area contributed by atoms with Gasteiger partial charge >= 0.3 is 6.09 Å². The quantitative estimate of drug-likeness (QED) is 0.769. The smallest absolute Gasteiger partial charge is 0.410 e. The summed E-state index contributed by atoms with van der Waals surface area (Å²) in [4.78, 5) is 13.4. The molecule has 0 saturated carbocycles. The van der Waals surface area contributed by atoms with Crippen LogP contribution in [0.4, 0.5) is 4.79 Å². The first kappa shape index (κ1) is 15.3. The SMILES string of the molecule is CN(CCc1ccccc1I)C(=O)OC(C)(C)C. The van der Waals surface area contributed by atoms with Crippen LogP contribution in [0.1, 0.15) is 26.3 Å². The van der Waals surface area contributed by atoms with Crippen molar-refractivity contribution in [2.24, 2.45) is 0 Å². The number of rotatable bonds is 3. The van der Waals surface area contributed by atoms with Gasteiger partial charge in [0.25, 0.3) is 0 Å². The van der Waals surface area contributed by atoms with Crippen LogP contribution < -0.4 is 0 Å². The molecule has 1 rings (SSSR count). The maximum Gasteiger partial charge on any atom is 0.410 e. The summed E-state index contributed by atoms with van der Waals surface area (Å²) in [6.45, 7) is 6.28. The zero-order chi connectivity index (χ0) is 13.8. The molecule has 0 bridgehead atoms. The molecule has 0 spiro atoms. The van der Waals surface area contributed by atoms with Crippen LogP contribution in [-0.4, -0.2) is 30.2 Å². The van der Waals surface area contributed by atoms with Gasteiger partial charge < -0.3 is 9.64 Å². The molecule has 0 N–H and O–H groups in total. The normalized spacial score (nSPS) is 11.2. The first-order chi connectivity index (χ1) is 8.29. The van der Waals surface area contributed by atoms with Crippen molar-refractivity contribution in [2.45, 2.75) is 32.8 Å². The van der Waals surface area contributed by atoms with Crippen LogP contribution in [0.5, 0.6) is 0 Å². The van der Waals surface area contributed by atoms with Crippen LogP contribution in [-0.2, 0) is 11.2 Å². The highest BCUT2D eigenvalue weighted by Crippen LogP contribution is 2.13. The summed E-state index contributed by atoms with van der Waals surface area (Å²) in [5.74, 6) is 0. The van der Waals surface area contributed by atoms with Crippen LogP contribution in [0.15, 0.2) is 24.3 Å². The lowest BCUT2D eigenvalue weighted by Crippen LogP contribution is -2.35. The Morgan fingerprint density at radius 1 is 1.33 bits per heavy atom. The number of hydrogen-bond acceptors (Lipinski definition) is 2. The molecule has 1 amide bonds. The van der Waals surface area contributed by atoms with E-state index in [2.05, 4.69) is 34.7 Å². The van der Waals surface area contributed by atoms with Crippen LogP contribution in [0, 0.1) is 3.57 Å². The molecule has 18 heavy (non-hydrogen) atoms. The Labute approximate surface area is 123 Å². The van der Waals surface area contributed by atoms with E-state index in [0.29, 0.717) is 6.54 Å². The standard InChI is InChI=1S/C14H20INO2/c1-14(2,3)18-13(17)16(4)10-9-11-7-5-6-8-12(11)15/h5-8H,9-10H2,1-4H3. The zero-order valence-electron chi connectivity index (χ0n) is 11.4. The van der Waals surface area contributed by atoms with Crippen molar-refractivity contribution in [2.75, 3.05) is 13.6 Å². The van der Waals surface area contributed by atoms with Crippen molar-refractivity contribution < 1.29 is 9.53 Å². The van der Waals surface area contributed by atoms with E-state index in [4.69, 9.17) is 4.74 Å². The number of likely N-dealkylation sites (N-methyl/N-ethyl adjacent to an activating group) is 1. The predicted molar refractivity (Wildman–Crippen MR) is 81.7 cm³/mol. The molecule has 0 atom stereocenters. The van der Waals surface area contributed by atoms with E-state index in [1.165, 1.54) is 9.13 Å². The first-order valence-electron chi connectivity index (χ1n) is 5.97. The molecule has 0 aliphatic rings. The van der Waals surface area contributed by atoms with Crippen molar-refractivity contribution >= 4 is 28.7 Å². The number of nitrogens with zero attached hydrogens (tertiary/aromatic N) is 1. The van der Waals surface area contributed by atoms with Crippen LogP contribution in [0.3, 0.4) is 0 Å². The van der Waals surface area contributed by atoms with Gasteiger partial charge in [-0.25, -0.2) is 4.79 Å². The summed E-state index contributed by atoms with van der Waals surface area (Å²) in [6, 6.07) is 8.20. The Morgan fingerprint density at radius 3 is 2.50 bits per heavy atom. The van der Waals surface area contributed by atoms with Crippen LogP contribution in [0.25, 0.3) is 0 Å². The third kappa shape index (κ3) is 5.25. The maximum absolute atomic E-state index is 11.8. The van der Waals surface area contributed by atoms with Crippen molar-refractivity contribution in [3.63, 3.8) is 0 Å². The minimum Gasteiger partial charge on any atom is -0.444 e. The maximum atomic E-state index is 11.8. The van der Waals surface area contributed by atoms with Crippen LogP contribution in [0.2, 0.25) is 0 Å². The lowest BCUT2D eigenvalue weighted by molar-refractivity contribution is 0.0300. The molecule has 1 aromatic carbocycles. The van der Waals surface area contributed by atoms with Gasteiger partial charge in [-0.15, -0.1) is 0 Å². The lowest BCUT2D eigenvalue weighted by Gasteiger charge is -2.24. The molecule has 0 saturated heterocycles. The number of ether oxygens (including phenoxy) is 1. The van der Waals surface area contributed by atoms with E-state index in [9.17, 15) is 4.79 Å². The summed E-state index contributed by atoms with van der Waals surface area (Å²) in [5.41, 5.74) is 0.820. The number of carbonyl (C=O) groups excluding carboxylic acids is 1. The van der Waals surface area contributed by atoms with Gasteiger partial charge in [-0.1, -0.05) is 18.2 Å². The molecule has 100 valence electrons. The Morgan fingerprint density at radius 2 is 1.94 bits per heavy atom. The summed E-state index contributed by atoms with van der Waals surface area (Å²) >= 11 is 2.31. The molecule has 0 radical (unpaired) electrons. The Hall–Kier alpha value is -0.780. The second-order valence-corrected chi connectivity index (χ2v) is 6.41. The molecule has 0 aromatic heterocycles. The molecule has 0 unspecified atom stereocenters. The van der Waals surface area contributed by atoms with Crippen molar-refractivity contribution in [1.82, 2.24) is 4.90 Å². The van der Waals surface area contributed by atoms with Gasteiger partial charge in [-0.3, -0.25) is 0 Å². The minimum atomic E-state index is -0.438. The molecule has 0 fully saturated rings. The van der Waals surface area contributed by atoms with E-state index in [1.54, 1.807) is 11.9 Å². The molecule has 0 aliphatic heterocycles. The highest BCUT2D eigenvalue weighted by Gasteiger charge is 2.19. The van der Waals surface area contributed by atoms with Gasteiger partial charge in [0.2, 0.25) is 0 Å². The van der Waals surface area contributed by atoms with E-state index >= 15 is 0 Å². The van der Waals surface area contributed by atoms with Gasteiger partial charge in [-0.05, 0) is 61.4 Å². The Kier molecular flexibility index (Phi) is 5.44. The van der Waals surface area contributed by atoms with Crippen LogP contribution >= 0.6 is 22.6 Å². The second kappa shape index (κ2) is 6.41. The van der Waals surface area contributed by atoms with Gasteiger partial charge in [-0.2, -0.15) is 0 Å². The lowest BCUT2D eigenvalue weighted by atomic mass is 10.1. The summed E-state index contributed by atoms with van der Waals surface area (Å²) < 4.78 is 6.53. The molecule has 4 heteroatoms. The second-order valence-electron chi connectivity index (χ2n) is 5.24. The third-order valence-electron chi connectivity index (χ3n) is 2.38. The van der Waals surface area contributed by atoms with E-state index < -0.39 is 5.60 Å². The molecular weight excluding hydrogens is 341 g/mol. The number of amides is 1. The highest BCUT2D eigenvalue weighted by molar-refractivity contribution is 14.1. The van der Waals surface area contributed by atoms with Gasteiger partial charge in [0.1, 0.15) is 5.60 Å². The minimum absolute atomic E-state index is 0.270. The van der Waals surface area contributed by atoms with Crippen molar-refractivity contribution in [1.29, 1.82) is 0 Å². The van der Waals surface area contributed by atoms with Gasteiger partial charge in [0, 0.05) is 17.2 Å². The highest BCUT2D eigenvalue weighted by atomic mass is 127. The number of benzene rings is 1. The van der Waals surface area contributed by atoms with Crippen molar-refractivity contribution in [3.8, 4) is 0 Å². The summed E-state index contributed by atoms with van der Waals surface area (Å²) in [5, 5.41) is 0. The third-order valence-corrected chi connectivity index (χ3v) is 3.43. The van der Waals surface area contributed by atoms with E-state index in [1.807, 2.05) is 32.9 Å². The van der Waals surface area contributed by atoms with Gasteiger partial charge in [0.05, 0.1) is 0 Å². The average molecular weight is 361 g/mol. The number of carbonyl (C=O) groups is 1. The Balaban J connectivity index is 2.49. The summed E-state index contributed by atoms with van der Waals surface area (Å²) in [7, 11) is 1.77. The molecule has 0 aliphatic carbocycles. The fraction of sp³-hybridized carbons (Fsp3) is 0.500. The fourth-order valence-corrected chi connectivity index (χ4v) is 2.08. The van der Waals surface area contributed by atoms with E-state index in [-0.39, 0.29) is 6.09 Å². The monoisotopic (exact) mass is 361 g/mol. The molecule has 0 heterocycles. The summed E-state index contributed by atoms with van der Waals surface area (Å²) in [6.07, 6.45) is 0.572. The van der Waals surface area contributed by atoms with E-state index in [0.717, 1.165) is 6.42 Å². The topological polar surface area (TPSA) is 29.5 Å². The van der Waals surface area contributed by atoms with Gasteiger partial charge in [0.15, 0.2) is 0 Å².